The zero-order valence-corrected chi connectivity index (χ0v) is 12.5. The normalized spacial score (nSPS) is 17.2. The summed E-state index contributed by atoms with van der Waals surface area (Å²) < 4.78 is 4.49. The summed E-state index contributed by atoms with van der Waals surface area (Å²) in [4.78, 5) is 34.7. The van der Waals surface area contributed by atoms with Crippen molar-refractivity contribution in [1.82, 2.24) is 0 Å². The molecule has 22 heavy (non-hydrogen) atoms. The lowest BCUT2D eigenvalue weighted by Gasteiger charge is -2.18. The number of carbonyl (C=O) groups excluding carboxylic acids is 3. The highest BCUT2D eigenvalue weighted by molar-refractivity contribution is 6.30. The van der Waals surface area contributed by atoms with Gasteiger partial charge in [-0.1, -0.05) is 11.6 Å². The fraction of sp³-hybridized carbons (Fsp3) is 0.133. The van der Waals surface area contributed by atoms with Gasteiger partial charge in [-0.25, -0.2) is 9.59 Å². The number of hydrogen-bond acceptors (Lipinski definition) is 6. The smallest absolute Gasteiger partial charge is 0.353 e. The van der Waals surface area contributed by atoms with Crippen molar-refractivity contribution in [2.45, 2.75) is 13.8 Å². The number of Topliss-reactive ketones (excluding diaryl/α,β-unsaturated/α-hetero) is 1. The van der Waals surface area contributed by atoms with E-state index in [-0.39, 0.29) is 11.3 Å². The Morgan fingerprint density at radius 1 is 1.14 bits per heavy atom. The second kappa shape index (κ2) is 6.03. The van der Waals surface area contributed by atoms with Crippen LogP contribution in [0.5, 0.6) is 0 Å². The lowest BCUT2D eigenvalue weighted by Crippen LogP contribution is -2.29. The molecule has 1 aliphatic rings. The molecule has 1 aromatic rings. The number of nitrogens with one attached hydrogen (secondary N) is 1. The summed E-state index contributed by atoms with van der Waals surface area (Å²) >= 11 is 5.78. The molecule has 2 rings (SSSR count). The standard InChI is InChI=1S/C15H12ClNO5/c1-7(17-10-5-3-9(16)4-6-10)11-13(19)12(8(2)18)15(21)22-14(11)20/h3-6,17,19H,1-2H3/b11-7-. The molecule has 0 spiro atoms. The van der Waals surface area contributed by atoms with Crippen LogP contribution in [0.3, 0.4) is 0 Å². The van der Waals surface area contributed by atoms with Gasteiger partial charge in [0.2, 0.25) is 0 Å². The Kier molecular flexibility index (Phi) is 4.32. The molecule has 1 aromatic carbocycles. The molecule has 0 radical (unpaired) electrons. The van der Waals surface area contributed by atoms with Crippen molar-refractivity contribution in [3.63, 3.8) is 0 Å². The zero-order chi connectivity index (χ0) is 16.4. The summed E-state index contributed by atoms with van der Waals surface area (Å²) in [5.41, 5.74) is 0.0268. The quantitative estimate of drug-likeness (QED) is 0.384. The van der Waals surface area contributed by atoms with Crippen LogP contribution < -0.4 is 5.32 Å². The first kappa shape index (κ1) is 15.8. The third-order valence-electron chi connectivity index (χ3n) is 2.97. The lowest BCUT2D eigenvalue weighted by molar-refractivity contribution is -0.155. The second-order valence-electron chi connectivity index (χ2n) is 4.59. The number of esters is 2. The number of ketones is 1. The molecule has 2 N–H and O–H groups in total. The van der Waals surface area contributed by atoms with E-state index in [1.807, 2.05) is 0 Å². The molecule has 0 saturated carbocycles. The van der Waals surface area contributed by atoms with Crippen LogP contribution in [0.25, 0.3) is 0 Å². The largest absolute Gasteiger partial charge is 0.506 e. The topological polar surface area (TPSA) is 92.7 Å². The summed E-state index contributed by atoms with van der Waals surface area (Å²) in [6.07, 6.45) is 0. The summed E-state index contributed by atoms with van der Waals surface area (Å²) in [7, 11) is 0. The summed E-state index contributed by atoms with van der Waals surface area (Å²) in [5.74, 6) is -3.55. The number of aliphatic hydroxyl groups excluding tert-OH is 1. The number of anilines is 1. The van der Waals surface area contributed by atoms with Gasteiger partial charge >= 0.3 is 11.9 Å². The molecule has 0 bridgehead atoms. The second-order valence-corrected chi connectivity index (χ2v) is 5.03. The number of allylic oxidation sites excluding steroid dienone is 1. The predicted molar refractivity (Wildman–Crippen MR) is 79.2 cm³/mol. The summed E-state index contributed by atoms with van der Waals surface area (Å²) in [5, 5.41) is 13.5. The van der Waals surface area contributed by atoms with Crippen LogP contribution in [0.4, 0.5) is 5.69 Å². The molecule has 0 amide bonds. The minimum absolute atomic E-state index is 0.232. The SMILES string of the molecule is CC(=O)C1=C(O)/C(=C(\C)Nc2ccc(Cl)cc2)C(=O)OC1=O. The van der Waals surface area contributed by atoms with Gasteiger partial charge in [0.05, 0.1) is 0 Å². The first-order chi connectivity index (χ1) is 10.3. The maximum absolute atomic E-state index is 11.8. The Bertz CT molecular complexity index is 731. The molecule has 0 unspecified atom stereocenters. The minimum Gasteiger partial charge on any atom is -0.506 e. The Hall–Kier alpha value is -2.60. The Morgan fingerprint density at radius 2 is 1.73 bits per heavy atom. The lowest BCUT2D eigenvalue weighted by atomic mass is 10.0. The van der Waals surface area contributed by atoms with E-state index in [1.54, 1.807) is 24.3 Å². The third kappa shape index (κ3) is 3.01. The molecule has 0 aromatic heterocycles. The molecule has 1 heterocycles. The first-order valence-electron chi connectivity index (χ1n) is 6.25. The Balaban J connectivity index is 2.46. The Labute approximate surface area is 131 Å². The van der Waals surface area contributed by atoms with Crippen LogP contribution in [0.15, 0.2) is 46.9 Å². The van der Waals surface area contributed by atoms with E-state index >= 15 is 0 Å². The van der Waals surface area contributed by atoms with Crippen LogP contribution in [-0.4, -0.2) is 22.8 Å². The van der Waals surface area contributed by atoms with Crippen molar-refractivity contribution in [2.75, 3.05) is 5.32 Å². The highest BCUT2D eigenvalue weighted by atomic mass is 35.5. The molecule has 0 aliphatic carbocycles. The van der Waals surface area contributed by atoms with E-state index in [4.69, 9.17) is 11.6 Å². The average Bonchev–Trinajstić information content (AvgIpc) is 2.40. The number of benzene rings is 1. The van der Waals surface area contributed by atoms with Gasteiger partial charge in [0.15, 0.2) is 5.78 Å². The van der Waals surface area contributed by atoms with Gasteiger partial charge in [0, 0.05) is 16.4 Å². The molecule has 6 nitrogen and oxygen atoms in total. The monoisotopic (exact) mass is 321 g/mol. The number of carbonyl (C=O) groups is 3. The number of cyclic esters (lactones) is 2. The van der Waals surface area contributed by atoms with Crippen LogP contribution >= 0.6 is 11.6 Å². The van der Waals surface area contributed by atoms with Gasteiger partial charge < -0.3 is 15.2 Å². The van der Waals surface area contributed by atoms with Gasteiger partial charge in [0.1, 0.15) is 16.9 Å². The van der Waals surface area contributed by atoms with Gasteiger partial charge in [0.25, 0.3) is 0 Å². The van der Waals surface area contributed by atoms with Gasteiger partial charge in [-0.15, -0.1) is 0 Å². The fourth-order valence-electron chi connectivity index (χ4n) is 1.96. The van der Waals surface area contributed by atoms with E-state index in [9.17, 15) is 19.5 Å². The van der Waals surface area contributed by atoms with Crippen molar-refractivity contribution in [3.8, 4) is 0 Å². The maximum Gasteiger partial charge on any atom is 0.353 e. The first-order valence-corrected chi connectivity index (χ1v) is 6.63. The molecule has 1 aliphatic heterocycles. The number of aliphatic hydroxyl groups is 1. The average molecular weight is 322 g/mol. The molecular formula is C15H12ClNO5. The summed E-state index contributed by atoms with van der Waals surface area (Å²) in [6.45, 7) is 2.61. The van der Waals surface area contributed by atoms with Crippen molar-refractivity contribution >= 4 is 35.0 Å². The fourth-order valence-corrected chi connectivity index (χ4v) is 2.08. The molecular weight excluding hydrogens is 310 g/mol. The van der Waals surface area contributed by atoms with Crippen LogP contribution in [0, 0.1) is 0 Å². The van der Waals surface area contributed by atoms with Gasteiger partial charge in [-0.2, -0.15) is 0 Å². The van der Waals surface area contributed by atoms with E-state index < -0.39 is 29.1 Å². The van der Waals surface area contributed by atoms with E-state index in [2.05, 4.69) is 10.1 Å². The van der Waals surface area contributed by atoms with Crippen LogP contribution in [0.2, 0.25) is 5.02 Å². The van der Waals surface area contributed by atoms with Crippen LogP contribution in [0.1, 0.15) is 13.8 Å². The van der Waals surface area contributed by atoms with E-state index in [1.165, 1.54) is 6.92 Å². The van der Waals surface area contributed by atoms with E-state index in [0.29, 0.717) is 10.7 Å². The highest BCUT2D eigenvalue weighted by Crippen LogP contribution is 2.26. The Morgan fingerprint density at radius 3 is 2.27 bits per heavy atom. The van der Waals surface area contributed by atoms with Crippen molar-refractivity contribution < 1.29 is 24.2 Å². The number of halogens is 1. The van der Waals surface area contributed by atoms with Crippen molar-refractivity contribution in [1.29, 1.82) is 0 Å². The molecule has 7 heteroatoms. The van der Waals surface area contributed by atoms with Crippen LogP contribution in [-0.2, 0) is 19.1 Å². The molecule has 0 fully saturated rings. The van der Waals surface area contributed by atoms with Crippen molar-refractivity contribution in [2.24, 2.45) is 0 Å². The molecule has 0 saturated heterocycles. The third-order valence-corrected chi connectivity index (χ3v) is 3.22. The predicted octanol–water partition coefficient (Wildman–Crippen LogP) is 2.51. The van der Waals surface area contributed by atoms with E-state index in [0.717, 1.165) is 6.92 Å². The minimum atomic E-state index is -1.15. The van der Waals surface area contributed by atoms with Gasteiger partial charge in [-0.05, 0) is 38.1 Å². The summed E-state index contributed by atoms with van der Waals surface area (Å²) in [6, 6.07) is 6.61. The highest BCUT2D eigenvalue weighted by Gasteiger charge is 2.36. The zero-order valence-electron chi connectivity index (χ0n) is 11.8. The van der Waals surface area contributed by atoms with Crippen molar-refractivity contribution in [3.05, 3.63) is 51.9 Å². The number of hydrogen-bond donors (Lipinski definition) is 2. The maximum atomic E-state index is 11.8. The number of rotatable bonds is 3. The molecule has 0 atom stereocenters. The van der Waals surface area contributed by atoms with Gasteiger partial charge in [-0.3, -0.25) is 4.79 Å². The molecule has 114 valence electrons. The number of ether oxygens (including phenoxy) is 1.